The van der Waals surface area contributed by atoms with Gasteiger partial charge in [0.1, 0.15) is 18.2 Å². The Labute approximate surface area is 194 Å². The van der Waals surface area contributed by atoms with Gasteiger partial charge in [0.2, 0.25) is 5.91 Å². The van der Waals surface area contributed by atoms with Crippen molar-refractivity contribution in [2.75, 3.05) is 13.2 Å². The number of rotatable bonds is 10. The molecule has 1 unspecified atom stereocenters. The molecule has 3 N–H and O–H groups in total. The topological polar surface area (TPSA) is 114 Å². The molecular formula is C23H22ClFN2O6. The van der Waals surface area contributed by atoms with Crippen molar-refractivity contribution in [2.45, 2.75) is 25.5 Å². The standard InChI is InChI=1S/C23H22ClFN2O6/c1-23(27-21(29)13-33-17-6-7-18(24)19(25)8-17)9-16(10-23)26-20(28)12-32-11-14-2-4-15(5-3-14)22(30)31/h2-9H,10-13H2,1H3,(H,26,28)(H,27,29)(H,30,31). The zero-order valence-electron chi connectivity index (χ0n) is 17.7. The van der Waals surface area contributed by atoms with Crippen LogP contribution in [-0.2, 0) is 20.9 Å². The van der Waals surface area contributed by atoms with Crippen molar-refractivity contribution in [1.82, 2.24) is 10.6 Å². The Morgan fingerprint density at radius 1 is 1.12 bits per heavy atom. The molecule has 1 aliphatic rings. The average Bonchev–Trinajstić information content (AvgIpc) is 2.74. The summed E-state index contributed by atoms with van der Waals surface area (Å²) in [5.74, 6) is -2.20. The molecule has 33 heavy (non-hydrogen) atoms. The van der Waals surface area contributed by atoms with Crippen LogP contribution in [0.4, 0.5) is 4.39 Å². The molecule has 8 nitrogen and oxygen atoms in total. The van der Waals surface area contributed by atoms with Crippen molar-refractivity contribution in [3.05, 3.63) is 76.2 Å². The van der Waals surface area contributed by atoms with Gasteiger partial charge < -0.3 is 25.2 Å². The van der Waals surface area contributed by atoms with Crippen LogP contribution in [-0.4, -0.2) is 41.6 Å². The number of ether oxygens (including phenoxy) is 2. The maximum absolute atomic E-state index is 13.4. The summed E-state index contributed by atoms with van der Waals surface area (Å²) in [5.41, 5.74) is 0.933. The summed E-state index contributed by atoms with van der Waals surface area (Å²) in [6.45, 7) is 1.48. The molecule has 2 aromatic rings. The highest BCUT2D eigenvalue weighted by Crippen LogP contribution is 2.28. The summed E-state index contributed by atoms with van der Waals surface area (Å²) >= 11 is 5.61. The van der Waals surface area contributed by atoms with Gasteiger partial charge in [0, 0.05) is 18.2 Å². The monoisotopic (exact) mass is 476 g/mol. The fourth-order valence-electron chi connectivity index (χ4n) is 3.20. The number of carbonyl (C=O) groups excluding carboxylic acids is 2. The van der Waals surface area contributed by atoms with Crippen molar-refractivity contribution in [3.63, 3.8) is 0 Å². The summed E-state index contributed by atoms with van der Waals surface area (Å²) in [5, 5.41) is 14.3. The first-order chi connectivity index (χ1) is 15.6. The van der Waals surface area contributed by atoms with E-state index in [0.29, 0.717) is 12.1 Å². The second kappa shape index (κ2) is 10.5. The highest BCUT2D eigenvalue weighted by molar-refractivity contribution is 6.30. The van der Waals surface area contributed by atoms with Crippen LogP contribution < -0.4 is 15.4 Å². The lowest BCUT2D eigenvalue weighted by Crippen LogP contribution is -2.53. The molecule has 1 aliphatic carbocycles. The number of amides is 2. The molecule has 174 valence electrons. The van der Waals surface area contributed by atoms with E-state index in [1.165, 1.54) is 24.3 Å². The molecule has 2 amide bonds. The van der Waals surface area contributed by atoms with Gasteiger partial charge in [0.15, 0.2) is 6.61 Å². The second-order valence-corrected chi connectivity index (χ2v) is 8.13. The maximum Gasteiger partial charge on any atom is 0.335 e. The second-order valence-electron chi connectivity index (χ2n) is 7.72. The maximum atomic E-state index is 13.4. The number of carboxylic acid groups (broad SMARTS) is 1. The summed E-state index contributed by atoms with van der Waals surface area (Å²) in [7, 11) is 0. The minimum Gasteiger partial charge on any atom is -0.484 e. The predicted octanol–water partition coefficient (Wildman–Crippen LogP) is 3.05. The van der Waals surface area contributed by atoms with Gasteiger partial charge in [-0.25, -0.2) is 9.18 Å². The summed E-state index contributed by atoms with van der Waals surface area (Å²) < 4.78 is 24.0. The minimum absolute atomic E-state index is 0.0340. The Kier molecular flexibility index (Phi) is 7.67. The van der Waals surface area contributed by atoms with Gasteiger partial charge in [-0.15, -0.1) is 0 Å². The molecule has 0 fully saturated rings. The highest BCUT2D eigenvalue weighted by Gasteiger charge is 2.34. The molecular weight excluding hydrogens is 455 g/mol. The minimum atomic E-state index is -1.01. The largest absolute Gasteiger partial charge is 0.484 e. The van der Waals surface area contributed by atoms with Crippen LogP contribution in [0.3, 0.4) is 0 Å². The van der Waals surface area contributed by atoms with E-state index < -0.39 is 23.2 Å². The summed E-state index contributed by atoms with van der Waals surface area (Å²) in [6.07, 6.45) is 2.13. The lowest BCUT2D eigenvalue weighted by atomic mass is 9.84. The number of hydrogen-bond donors (Lipinski definition) is 3. The van der Waals surface area contributed by atoms with Crippen LogP contribution in [0.1, 0.15) is 29.3 Å². The molecule has 0 saturated carbocycles. The van der Waals surface area contributed by atoms with E-state index in [-0.39, 0.29) is 42.1 Å². The number of nitrogens with one attached hydrogen (secondary N) is 2. The van der Waals surface area contributed by atoms with Gasteiger partial charge in [-0.3, -0.25) is 9.59 Å². The van der Waals surface area contributed by atoms with Gasteiger partial charge in [-0.2, -0.15) is 0 Å². The lowest BCUT2D eigenvalue weighted by Gasteiger charge is -2.37. The zero-order valence-corrected chi connectivity index (χ0v) is 18.4. The molecule has 0 heterocycles. The molecule has 0 bridgehead atoms. The molecule has 0 spiro atoms. The van der Waals surface area contributed by atoms with E-state index in [9.17, 15) is 18.8 Å². The van der Waals surface area contributed by atoms with Gasteiger partial charge in [0.25, 0.3) is 5.91 Å². The van der Waals surface area contributed by atoms with Gasteiger partial charge in [-0.05, 0) is 42.8 Å². The van der Waals surface area contributed by atoms with Crippen LogP contribution in [0, 0.1) is 5.82 Å². The fraction of sp³-hybridized carbons (Fsp3) is 0.261. The van der Waals surface area contributed by atoms with Crippen LogP contribution in [0.2, 0.25) is 5.02 Å². The molecule has 0 aromatic heterocycles. The third-order valence-corrected chi connectivity index (χ3v) is 5.05. The summed E-state index contributed by atoms with van der Waals surface area (Å²) in [6, 6.07) is 10.1. The molecule has 2 aromatic carbocycles. The van der Waals surface area contributed by atoms with E-state index >= 15 is 0 Å². The Morgan fingerprint density at radius 3 is 2.45 bits per heavy atom. The molecule has 0 saturated heterocycles. The average molecular weight is 477 g/mol. The highest BCUT2D eigenvalue weighted by atomic mass is 35.5. The predicted molar refractivity (Wildman–Crippen MR) is 117 cm³/mol. The van der Waals surface area contributed by atoms with E-state index in [1.807, 2.05) is 0 Å². The van der Waals surface area contributed by atoms with Crippen LogP contribution in [0.25, 0.3) is 0 Å². The van der Waals surface area contributed by atoms with Gasteiger partial charge in [-0.1, -0.05) is 23.7 Å². The number of halogens is 2. The lowest BCUT2D eigenvalue weighted by molar-refractivity contribution is -0.125. The molecule has 1 atom stereocenters. The molecule has 3 rings (SSSR count). The quantitative estimate of drug-likeness (QED) is 0.485. The van der Waals surface area contributed by atoms with Gasteiger partial charge in [0.05, 0.1) is 22.7 Å². The van der Waals surface area contributed by atoms with E-state index in [1.54, 1.807) is 25.1 Å². The van der Waals surface area contributed by atoms with E-state index in [2.05, 4.69) is 10.6 Å². The molecule has 10 heteroatoms. The zero-order chi connectivity index (χ0) is 24.0. The fourth-order valence-corrected chi connectivity index (χ4v) is 3.32. The Bertz CT molecular complexity index is 1090. The number of carboxylic acids is 1. The normalized spacial score (nSPS) is 16.9. The van der Waals surface area contributed by atoms with E-state index in [0.717, 1.165) is 11.6 Å². The summed E-state index contributed by atoms with van der Waals surface area (Å²) in [4.78, 5) is 35.0. The number of benzene rings is 2. The third-order valence-electron chi connectivity index (χ3n) is 4.74. The third kappa shape index (κ3) is 7.03. The SMILES string of the molecule is CC1(NC(=O)COc2ccc(Cl)c(F)c2)C=C(NC(=O)COCc2ccc(C(=O)O)cc2)C1. The van der Waals surface area contributed by atoms with Gasteiger partial charge >= 0.3 is 5.97 Å². The molecule has 0 radical (unpaired) electrons. The number of aromatic carboxylic acids is 1. The number of hydrogen-bond acceptors (Lipinski definition) is 5. The van der Waals surface area contributed by atoms with Crippen LogP contribution in [0.5, 0.6) is 5.75 Å². The Hall–Kier alpha value is -3.43. The van der Waals surface area contributed by atoms with Crippen molar-refractivity contribution in [3.8, 4) is 5.75 Å². The van der Waals surface area contributed by atoms with Crippen molar-refractivity contribution < 1.29 is 33.4 Å². The Morgan fingerprint density at radius 2 is 1.82 bits per heavy atom. The first kappa shape index (κ1) is 24.2. The van der Waals surface area contributed by atoms with Crippen molar-refractivity contribution in [2.24, 2.45) is 0 Å². The molecule has 0 aliphatic heterocycles. The smallest absolute Gasteiger partial charge is 0.335 e. The van der Waals surface area contributed by atoms with Crippen molar-refractivity contribution >= 4 is 29.4 Å². The number of carbonyl (C=O) groups is 3. The van der Waals surface area contributed by atoms with Crippen LogP contribution >= 0.6 is 11.6 Å². The Balaban J connectivity index is 1.37. The first-order valence-electron chi connectivity index (χ1n) is 9.94. The van der Waals surface area contributed by atoms with Crippen molar-refractivity contribution in [1.29, 1.82) is 0 Å². The first-order valence-corrected chi connectivity index (χ1v) is 10.3. The van der Waals surface area contributed by atoms with E-state index in [4.69, 9.17) is 26.2 Å². The van der Waals surface area contributed by atoms with Crippen LogP contribution in [0.15, 0.2) is 54.2 Å².